The summed E-state index contributed by atoms with van der Waals surface area (Å²) in [6.45, 7) is 0. The van der Waals surface area contributed by atoms with Gasteiger partial charge in [-0.05, 0) is 54.3 Å². The lowest BCUT2D eigenvalue weighted by Gasteiger charge is -2.32. The van der Waals surface area contributed by atoms with Crippen molar-refractivity contribution in [1.29, 1.82) is 0 Å². The number of aliphatic hydroxyl groups excluding tert-OH is 1. The van der Waals surface area contributed by atoms with E-state index in [-0.39, 0.29) is 0 Å². The number of benzene rings is 3. The van der Waals surface area contributed by atoms with Crippen molar-refractivity contribution in [3.8, 4) is 0 Å². The molecule has 1 unspecified atom stereocenters. The van der Waals surface area contributed by atoms with E-state index in [0.29, 0.717) is 27.6 Å². The Morgan fingerprint density at radius 1 is 0.935 bits per heavy atom. The average molecular weight is 458 g/mol. The third kappa shape index (κ3) is 5.66. The molecule has 3 atom stereocenters. The van der Waals surface area contributed by atoms with Gasteiger partial charge in [-0.3, -0.25) is 0 Å². The lowest BCUT2D eigenvalue weighted by Crippen LogP contribution is -2.24. The Morgan fingerprint density at radius 3 is 2.19 bits per heavy atom. The summed E-state index contributed by atoms with van der Waals surface area (Å²) in [5.41, 5.74) is 4.45. The maximum atomic E-state index is 10.2. The van der Waals surface area contributed by atoms with Crippen LogP contribution < -0.4 is 5.32 Å². The summed E-state index contributed by atoms with van der Waals surface area (Å²) in [5.74, 6) is -0.818. The van der Waals surface area contributed by atoms with E-state index in [1.165, 1.54) is 16.7 Å². The molecule has 0 heterocycles. The summed E-state index contributed by atoms with van der Waals surface area (Å²) in [6.07, 6.45) is 0.857. The van der Waals surface area contributed by atoms with Crippen LogP contribution in [0.25, 0.3) is 0 Å². The summed E-state index contributed by atoms with van der Waals surface area (Å²) in [5, 5.41) is 22.0. The number of aliphatic hydroxyl groups is 1. The van der Waals surface area contributed by atoms with Crippen LogP contribution in [0.5, 0.6) is 0 Å². The number of carboxylic acids is 1. The van der Waals surface area contributed by atoms with Gasteiger partial charge < -0.3 is 15.5 Å². The van der Waals surface area contributed by atoms with Gasteiger partial charge in [0.15, 0.2) is 6.10 Å². The van der Waals surface area contributed by atoms with Crippen molar-refractivity contribution in [2.75, 3.05) is 7.05 Å². The first-order valence-electron chi connectivity index (χ1n) is 10.1. The van der Waals surface area contributed by atoms with Crippen LogP contribution in [0.1, 0.15) is 53.2 Å². The Morgan fingerprint density at radius 2 is 1.58 bits per heavy atom. The summed E-state index contributed by atoms with van der Waals surface area (Å²) < 4.78 is 0. The van der Waals surface area contributed by atoms with Crippen LogP contribution in [0.15, 0.2) is 72.8 Å². The number of rotatable bonds is 4. The van der Waals surface area contributed by atoms with Crippen molar-refractivity contribution >= 4 is 29.2 Å². The Labute approximate surface area is 192 Å². The minimum atomic E-state index is -1.41. The first-order valence-corrected chi connectivity index (χ1v) is 10.8. The first kappa shape index (κ1) is 23.3. The molecule has 0 amide bonds. The highest BCUT2D eigenvalue weighted by atomic mass is 35.5. The van der Waals surface area contributed by atoms with Crippen LogP contribution in [0.3, 0.4) is 0 Å². The third-order valence-corrected chi connectivity index (χ3v) is 6.27. The number of nitrogens with one attached hydrogen (secondary N) is 1. The van der Waals surface area contributed by atoms with E-state index < -0.39 is 12.1 Å². The molecule has 0 aromatic heterocycles. The summed E-state index contributed by atoms with van der Waals surface area (Å²) in [6, 6.07) is 23.4. The number of aliphatic carboxylic acids is 1. The maximum absolute atomic E-state index is 10.2. The largest absolute Gasteiger partial charge is 0.479 e. The van der Waals surface area contributed by atoms with E-state index in [1.54, 1.807) is 30.3 Å². The molecule has 0 fully saturated rings. The quantitative estimate of drug-likeness (QED) is 0.450. The van der Waals surface area contributed by atoms with Crippen LogP contribution in [-0.4, -0.2) is 23.2 Å². The highest BCUT2D eigenvalue weighted by Gasteiger charge is 2.27. The second-order valence-electron chi connectivity index (χ2n) is 7.43. The van der Waals surface area contributed by atoms with E-state index >= 15 is 0 Å². The van der Waals surface area contributed by atoms with Crippen molar-refractivity contribution in [2.24, 2.45) is 0 Å². The monoisotopic (exact) mass is 457 g/mol. The molecule has 0 spiro atoms. The number of hydrogen-bond acceptors (Lipinski definition) is 3. The Bertz CT molecular complexity index is 1030. The number of fused-ring (bicyclic) bond motifs is 1. The summed E-state index contributed by atoms with van der Waals surface area (Å²) in [4.78, 5) is 10.2. The average Bonchev–Trinajstić information content (AvgIpc) is 2.80. The fraction of sp³-hybridized carbons (Fsp3) is 0.240. The number of halogens is 2. The normalized spacial score (nSPS) is 18.3. The minimum absolute atomic E-state index is 0.403. The molecule has 6 heteroatoms. The Kier molecular flexibility index (Phi) is 8.10. The minimum Gasteiger partial charge on any atom is -0.479 e. The van der Waals surface area contributed by atoms with E-state index in [9.17, 15) is 4.79 Å². The first-order chi connectivity index (χ1) is 14.9. The molecule has 4 nitrogen and oxygen atoms in total. The third-order valence-electron chi connectivity index (χ3n) is 5.53. The molecule has 3 aromatic rings. The lowest BCUT2D eigenvalue weighted by atomic mass is 9.77. The van der Waals surface area contributed by atoms with Gasteiger partial charge in [0.2, 0.25) is 0 Å². The predicted octanol–water partition coefficient (Wildman–Crippen LogP) is 5.98. The van der Waals surface area contributed by atoms with E-state index in [0.717, 1.165) is 12.8 Å². The van der Waals surface area contributed by atoms with Gasteiger partial charge in [-0.15, -0.1) is 0 Å². The molecule has 3 N–H and O–H groups in total. The van der Waals surface area contributed by atoms with Crippen LogP contribution in [0, 0.1) is 0 Å². The van der Waals surface area contributed by atoms with Crippen molar-refractivity contribution in [2.45, 2.75) is 30.9 Å². The molecule has 3 aromatic carbocycles. The van der Waals surface area contributed by atoms with Crippen LogP contribution >= 0.6 is 23.2 Å². The number of hydrogen-bond donors (Lipinski definition) is 3. The topological polar surface area (TPSA) is 69.6 Å². The van der Waals surface area contributed by atoms with Crippen molar-refractivity contribution in [3.05, 3.63) is 105 Å². The molecule has 0 bridgehead atoms. The number of carboxylic acid groups (broad SMARTS) is 1. The van der Waals surface area contributed by atoms with Gasteiger partial charge >= 0.3 is 5.97 Å². The second kappa shape index (κ2) is 10.8. The van der Waals surface area contributed by atoms with E-state index in [1.807, 2.05) is 19.2 Å². The highest BCUT2D eigenvalue weighted by Crippen LogP contribution is 2.42. The Balaban J connectivity index is 0.000000210. The zero-order valence-electron chi connectivity index (χ0n) is 17.1. The van der Waals surface area contributed by atoms with Crippen LogP contribution in [-0.2, 0) is 4.79 Å². The fourth-order valence-corrected chi connectivity index (χ4v) is 4.25. The molecule has 0 radical (unpaired) electrons. The molecule has 0 aliphatic heterocycles. The molecule has 0 saturated heterocycles. The van der Waals surface area contributed by atoms with Gasteiger partial charge in [0, 0.05) is 12.0 Å². The fourth-order valence-electron chi connectivity index (χ4n) is 3.94. The molecular weight excluding hydrogens is 433 g/mol. The van der Waals surface area contributed by atoms with E-state index in [4.69, 9.17) is 33.4 Å². The van der Waals surface area contributed by atoms with Gasteiger partial charge in [-0.2, -0.15) is 0 Å². The molecular formula is C25H25Cl2NO3. The van der Waals surface area contributed by atoms with Crippen LogP contribution in [0.2, 0.25) is 10.0 Å². The van der Waals surface area contributed by atoms with Gasteiger partial charge in [0.25, 0.3) is 0 Å². The summed E-state index contributed by atoms with van der Waals surface area (Å²) in [7, 11) is 2.03. The molecule has 162 valence electrons. The highest BCUT2D eigenvalue weighted by molar-refractivity contribution is 6.42. The zero-order valence-corrected chi connectivity index (χ0v) is 18.6. The van der Waals surface area contributed by atoms with Gasteiger partial charge in [-0.25, -0.2) is 4.79 Å². The smallest absolute Gasteiger partial charge is 0.337 e. The summed E-state index contributed by atoms with van der Waals surface area (Å²) >= 11 is 12.2. The van der Waals surface area contributed by atoms with Gasteiger partial charge in [-0.1, -0.05) is 83.9 Å². The van der Waals surface area contributed by atoms with Crippen molar-refractivity contribution < 1.29 is 15.0 Å². The predicted molar refractivity (Wildman–Crippen MR) is 125 cm³/mol. The Hall–Kier alpha value is -2.37. The van der Waals surface area contributed by atoms with Gasteiger partial charge in [0.05, 0.1) is 10.0 Å². The van der Waals surface area contributed by atoms with Crippen LogP contribution in [0.4, 0.5) is 0 Å². The molecule has 0 saturated carbocycles. The maximum Gasteiger partial charge on any atom is 0.337 e. The SMILES string of the molecule is CN[C@H]1CC[C@@H](c2ccc(Cl)c(Cl)c2)c2ccccc21.O=C(O)C(O)c1ccccc1. The second-order valence-corrected chi connectivity index (χ2v) is 8.24. The van der Waals surface area contributed by atoms with Crippen molar-refractivity contribution in [1.82, 2.24) is 5.32 Å². The lowest BCUT2D eigenvalue weighted by molar-refractivity contribution is -0.146. The molecule has 1 aliphatic rings. The molecule has 1 aliphatic carbocycles. The zero-order chi connectivity index (χ0) is 22.4. The molecule has 31 heavy (non-hydrogen) atoms. The van der Waals surface area contributed by atoms with E-state index in [2.05, 4.69) is 35.6 Å². The standard InChI is InChI=1S/C17H17Cl2N.C8H8O3/c1-20-17-9-7-12(13-4-2-3-5-14(13)17)11-6-8-15(18)16(19)10-11;9-7(8(10)11)6-4-2-1-3-5-6/h2-6,8,10,12,17,20H,7,9H2,1H3;1-5,7,9H,(H,10,11)/t12-,17-;/m0./s1. The number of carbonyl (C=O) groups is 1. The molecule has 4 rings (SSSR count). The van der Waals surface area contributed by atoms with Crippen molar-refractivity contribution in [3.63, 3.8) is 0 Å². The van der Waals surface area contributed by atoms with Gasteiger partial charge in [0.1, 0.15) is 0 Å².